The summed E-state index contributed by atoms with van der Waals surface area (Å²) in [4.78, 5) is 0. The molecule has 3 heteroatoms. The molecule has 0 bridgehead atoms. The Morgan fingerprint density at radius 3 is 2.43 bits per heavy atom. The summed E-state index contributed by atoms with van der Waals surface area (Å²) < 4.78 is 4.54. The van der Waals surface area contributed by atoms with Crippen molar-refractivity contribution in [3.63, 3.8) is 0 Å². The second-order valence-corrected chi connectivity index (χ2v) is 1.53. The van der Waals surface area contributed by atoms with Crippen LogP contribution in [-0.4, -0.2) is 29.0 Å². The van der Waals surface area contributed by atoms with Gasteiger partial charge < -0.3 is 14.9 Å². The van der Waals surface area contributed by atoms with Crippen molar-refractivity contribution in [2.24, 2.45) is 0 Å². The molecule has 0 spiro atoms. The lowest BCUT2D eigenvalue weighted by atomic mass is 10.3. The van der Waals surface area contributed by atoms with Gasteiger partial charge >= 0.3 is 0 Å². The lowest BCUT2D eigenvalue weighted by Crippen LogP contribution is -2.20. The van der Waals surface area contributed by atoms with Crippen LogP contribution in [0.15, 0.2) is 0 Å². The molecular weight excluding hydrogens is 96.0 g/mol. The molecule has 2 N–H and O–H groups in total. The smallest absolute Gasteiger partial charge is 0.115 e. The molecule has 0 aromatic heterocycles. The van der Waals surface area contributed by atoms with Crippen LogP contribution in [0.2, 0.25) is 0 Å². The van der Waals surface area contributed by atoms with Gasteiger partial charge in [-0.1, -0.05) is 0 Å². The van der Waals surface area contributed by atoms with Crippen LogP contribution in [0.3, 0.4) is 0 Å². The molecule has 2 unspecified atom stereocenters. The monoisotopic (exact) mass is 103 g/mol. The van der Waals surface area contributed by atoms with Crippen molar-refractivity contribution in [3.05, 3.63) is 6.61 Å². The first-order valence-electron chi connectivity index (χ1n) is 2.12. The zero-order valence-electron chi connectivity index (χ0n) is 3.74. The van der Waals surface area contributed by atoms with E-state index in [9.17, 15) is 0 Å². The molecule has 0 aromatic rings. The number of aliphatic hydroxyl groups is 2. The third kappa shape index (κ3) is 0.907. The van der Waals surface area contributed by atoms with E-state index in [1.54, 1.807) is 0 Å². The Kier molecular flexibility index (Phi) is 1.27. The van der Waals surface area contributed by atoms with Crippen molar-refractivity contribution in [2.75, 3.05) is 6.61 Å². The highest BCUT2D eigenvalue weighted by molar-refractivity contribution is 4.80. The van der Waals surface area contributed by atoms with E-state index in [2.05, 4.69) is 4.74 Å². The first kappa shape index (κ1) is 5.03. The third-order valence-electron chi connectivity index (χ3n) is 0.897. The minimum atomic E-state index is -0.778. The fourth-order valence-electron chi connectivity index (χ4n) is 0.442. The minimum absolute atomic E-state index is 0.223. The molecule has 0 aromatic carbocycles. The molecule has 1 heterocycles. The molecular formula is C4H7O3. The van der Waals surface area contributed by atoms with Crippen LogP contribution in [0.5, 0.6) is 0 Å². The molecule has 0 aliphatic carbocycles. The maximum Gasteiger partial charge on any atom is 0.115 e. The van der Waals surface area contributed by atoms with Crippen molar-refractivity contribution >= 4 is 0 Å². The number of ether oxygens (including phenoxy) is 1. The number of aliphatic hydroxyl groups excluding tert-OH is 2. The van der Waals surface area contributed by atoms with Gasteiger partial charge in [0, 0.05) is 0 Å². The van der Waals surface area contributed by atoms with Crippen molar-refractivity contribution in [2.45, 2.75) is 12.2 Å². The summed E-state index contributed by atoms with van der Waals surface area (Å²) in [7, 11) is 0. The molecule has 3 nitrogen and oxygen atoms in total. The third-order valence-corrected chi connectivity index (χ3v) is 0.897. The van der Waals surface area contributed by atoms with Gasteiger partial charge in [-0.2, -0.15) is 0 Å². The van der Waals surface area contributed by atoms with E-state index in [4.69, 9.17) is 10.2 Å². The van der Waals surface area contributed by atoms with E-state index in [1.807, 2.05) is 0 Å². The van der Waals surface area contributed by atoms with Crippen LogP contribution in [0.4, 0.5) is 0 Å². The normalized spacial score (nSPS) is 42.0. The SMILES string of the molecule is OC1[CH]OCC1O. The predicted octanol–water partition coefficient (Wildman–Crippen LogP) is -1.10. The zero-order valence-corrected chi connectivity index (χ0v) is 3.74. The summed E-state index contributed by atoms with van der Waals surface area (Å²) in [5, 5.41) is 17.2. The van der Waals surface area contributed by atoms with Crippen molar-refractivity contribution in [1.82, 2.24) is 0 Å². The van der Waals surface area contributed by atoms with Gasteiger partial charge in [0.15, 0.2) is 0 Å². The molecule has 0 amide bonds. The van der Waals surface area contributed by atoms with Gasteiger partial charge in [-0.25, -0.2) is 0 Å². The predicted molar refractivity (Wildman–Crippen MR) is 22.3 cm³/mol. The Hall–Kier alpha value is -0.120. The highest BCUT2D eigenvalue weighted by Gasteiger charge is 2.23. The lowest BCUT2D eigenvalue weighted by Gasteiger charge is -1.99. The zero-order chi connectivity index (χ0) is 5.28. The second kappa shape index (κ2) is 1.78. The van der Waals surface area contributed by atoms with Gasteiger partial charge in [-0.15, -0.1) is 0 Å². The fraction of sp³-hybridized carbons (Fsp3) is 0.750. The van der Waals surface area contributed by atoms with E-state index in [-0.39, 0.29) is 6.61 Å². The van der Waals surface area contributed by atoms with Crippen molar-refractivity contribution < 1.29 is 14.9 Å². The molecule has 1 fully saturated rings. The summed E-state index contributed by atoms with van der Waals surface area (Å²) in [6.45, 7) is 1.45. The van der Waals surface area contributed by atoms with Crippen molar-refractivity contribution in [1.29, 1.82) is 0 Å². The molecule has 1 radical (unpaired) electrons. The van der Waals surface area contributed by atoms with Crippen LogP contribution in [0, 0.1) is 6.61 Å². The van der Waals surface area contributed by atoms with E-state index in [0.29, 0.717) is 0 Å². The maximum atomic E-state index is 8.59. The van der Waals surface area contributed by atoms with Gasteiger partial charge in [0.05, 0.1) is 6.61 Å². The highest BCUT2D eigenvalue weighted by atomic mass is 16.5. The molecule has 1 aliphatic rings. The number of hydrogen-bond acceptors (Lipinski definition) is 3. The van der Waals surface area contributed by atoms with Crippen LogP contribution < -0.4 is 0 Å². The molecule has 7 heavy (non-hydrogen) atoms. The first-order valence-corrected chi connectivity index (χ1v) is 2.12. The Balaban J connectivity index is 2.33. The molecule has 2 atom stereocenters. The Morgan fingerprint density at radius 1 is 1.57 bits per heavy atom. The number of rotatable bonds is 0. The van der Waals surface area contributed by atoms with Gasteiger partial charge in [-0.3, -0.25) is 0 Å². The average Bonchev–Trinajstić information content (AvgIpc) is 1.91. The van der Waals surface area contributed by atoms with E-state index >= 15 is 0 Å². The van der Waals surface area contributed by atoms with Crippen LogP contribution >= 0.6 is 0 Å². The van der Waals surface area contributed by atoms with Gasteiger partial charge in [-0.05, 0) is 0 Å². The summed E-state index contributed by atoms with van der Waals surface area (Å²) in [6, 6.07) is 0. The highest BCUT2D eigenvalue weighted by Crippen LogP contribution is 2.07. The molecule has 0 saturated carbocycles. The summed E-state index contributed by atoms with van der Waals surface area (Å²) >= 11 is 0. The van der Waals surface area contributed by atoms with Gasteiger partial charge in [0.25, 0.3) is 0 Å². The fourth-order valence-corrected chi connectivity index (χ4v) is 0.442. The Morgan fingerprint density at radius 2 is 2.29 bits per heavy atom. The van der Waals surface area contributed by atoms with Crippen LogP contribution in [-0.2, 0) is 4.74 Å². The first-order chi connectivity index (χ1) is 3.30. The Bertz CT molecular complexity index is 56.0. The quantitative estimate of drug-likeness (QED) is 0.409. The van der Waals surface area contributed by atoms with E-state index in [1.165, 1.54) is 6.61 Å². The summed E-state index contributed by atoms with van der Waals surface area (Å²) in [6.07, 6.45) is -1.49. The minimum Gasteiger partial charge on any atom is -0.388 e. The van der Waals surface area contributed by atoms with Crippen LogP contribution in [0.25, 0.3) is 0 Å². The van der Waals surface area contributed by atoms with Gasteiger partial charge in [0.1, 0.15) is 18.8 Å². The molecule has 1 rings (SSSR count). The molecule has 41 valence electrons. The van der Waals surface area contributed by atoms with Crippen molar-refractivity contribution in [3.8, 4) is 0 Å². The molecule has 1 saturated heterocycles. The van der Waals surface area contributed by atoms with E-state index in [0.717, 1.165) is 0 Å². The Labute approximate surface area is 41.5 Å². The van der Waals surface area contributed by atoms with E-state index < -0.39 is 12.2 Å². The molecule has 1 aliphatic heterocycles. The lowest BCUT2D eigenvalue weighted by molar-refractivity contribution is 0.0635. The standard InChI is InChI=1S/C4H7O3/c5-3-1-7-2-4(3)6/h1,3-6H,2H2. The number of hydrogen-bond donors (Lipinski definition) is 2. The topological polar surface area (TPSA) is 49.7 Å². The maximum absolute atomic E-state index is 8.59. The summed E-state index contributed by atoms with van der Waals surface area (Å²) in [5.41, 5.74) is 0. The van der Waals surface area contributed by atoms with Crippen LogP contribution in [0.1, 0.15) is 0 Å². The van der Waals surface area contributed by atoms with Gasteiger partial charge in [0.2, 0.25) is 0 Å². The largest absolute Gasteiger partial charge is 0.388 e. The summed E-state index contributed by atoms with van der Waals surface area (Å²) in [5.74, 6) is 0. The second-order valence-electron chi connectivity index (χ2n) is 1.53. The average molecular weight is 103 g/mol.